The van der Waals surface area contributed by atoms with Gasteiger partial charge in [-0.05, 0) is 58.9 Å². The molecule has 0 spiro atoms. The molecule has 100 valence electrons. The second kappa shape index (κ2) is 5.93. The molecule has 1 aliphatic rings. The molecule has 1 atom stereocenters. The fraction of sp³-hybridized carbons (Fsp3) is 0.571. The number of benzene rings is 1. The molecule has 3 nitrogen and oxygen atoms in total. The Morgan fingerprint density at radius 2 is 2.00 bits per heavy atom. The number of fused-ring (bicyclic) bond motifs is 1. The molecule has 2 N–H and O–H groups in total. The van der Waals surface area contributed by atoms with Crippen LogP contribution in [-0.2, 0) is 0 Å². The van der Waals surface area contributed by atoms with Crippen LogP contribution in [0.3, 0.4) is 0 Å². The van der Waals surface area contributed by atoms with E-state index in [1.54, 1.807) is 0 Å². The third kappa shape index (κ3) is 2.64. The highest BCUT2D eigenvalue weighted by Crippen LogP contribution is 2.43. The summed E-state index contributed by atoms with van der Waals surface area (Å²) in [6.07, 6.45) is 1.90. The van der Waals surface area contributed by atoms with Gasteiger partial charge in [-0.1, -0.05) is 6.92 Å². The van der Waals surface area contributed by atoms with E-state index in [4.69, 9.17) is 15.2 Å². The minimum absolute atomic E-state index is 0.434. The van der Waals surface area contributed by atoms with Crippen molar-refractivity contribution in [3.8, 4) is 11.5 Å². The number of hydrogen-bond donors (Lipinski definition) is 1. The van der Waals surface area contributed by atoms with Gasteiger partial charge < -0.3 is 15.2 Å². The molecular weight excluding hydrogens is 294 g/mol. The van der Waals surface area contributed by atoms with E-state index >= 15 is 0 Å². The van der Waals surface area contributed by atoms with Gasteiger partial charge in [-0.25, -0.2) is 0 Å². The van der Waals surface area contributed by atoms with E-state index in [-0.39, 0.29) is 0 Å². The maximum atomic E-state index is 5.84. The SMILES string of the molecule is Cc1c(C(C)CCN)cc(Br)c2c1OCCCO2. The zero-order chi connectivity index (χ0) is 13.1. The van der Waals surface area contributed by atoms with E-state index in [1.165, 1.54) is 11.1 Å². The van der Waals surface area contributed by atoms with Gasteiger partial charge in [-0.2, -0.15) is 0 Å². The molecule has 0 amide bonds. The third-order valence-electron chi connectivity index (χ3n) is 3.39. The largest absolute Gasteiger partial charge is 0.489 e. The van der Waals surface area contributed by atoms with Gasteiger partial charge in [-0.15, -0.1) is 0 Å². The van der Waals surface area contributed by atoms with Gasteiger partial charge in [0.25, 0.3) is 0 Å². The van der Waals surface area contributed by atoms with Crippen LogP contribution in [0.25, 0.3) is 0 Å². The summed E-state index contributed by atoms with van der Waals surface area (Å²) in [5.41, 5.74) is 8.12. The van der Waals surface area contributed by atoms with Crippen LogP contribution in [0.2, 0.25) is 0 Å². The topological polar surface area (TPSA) is 44.5 Å². The highest BCUT2D eigenvalue weighted by Gasteiger charge is 2.21. The Morgan fingerprint density at radius 3 is 2.67 bits per heavy atom. The summed E-state index contributed by atoms with van der Waals surface area (Å²) in [5.74, 6) is 2.16. The van der Waals surface area contributed by atoms with Crippen molar-refractivity contribution in [3.63, 3.8) is 0 Å². The van der Waals surface area contributed by atoms with E-state index in [1.807, 2.05) is 0 Å². The standard InChI is InChI=1S/C14H20BrNO2/c1-9(4-5-16)11-8-12(15)14-13(10(11)2)17-6-3-7-18-14/h8-9H,3-7,16H2,1-2H3. The summed E-state index contributed by atoms with van der Waals surface area (Å²) >= 11 is 3.58. The number of halogens is 1. The first-order valence-corrected chi connectivity index (χ1v) is 7.23. The van der Waals surface area contributed by atoms with Crippen LogP contribution < -0.4 is 15.2 Å². The van der Waals surface area contributed by atoms with Crippen molar-refractivity contribution in [2.75, 3.05) is 19.8 Å². The van der Waals surface area contributed by atoms with Gasteiger partial charge in [0.1, 0.15) is 0 Å². The van der Waals surface area contributed by atoms with E-state index in [9.17, 15) is 0 Å². The Kier molecular flexibility index (Phi) is 4.51. The fourth-order valence-electron chi connectivity index (χ4n) is 2.35. The Labute approximate surface area is 117 Å². The summed E-state index contributed by atoms with van der Waals surface area (Å²) in [5, 5.41) is 0. The lowest BCUT2D eigenvalue weighted by molar-refractivity contribution is 0.296. The van der Waals surface area contributed by atoms with E-state index in [0.29, 0.717) is 19.1 Å². The van der Waals surface area contributed by atoms with Gasteiger partial charge in [0.15, 0.2) is 11.5 Å². The molecule has 0 aliphatic carbocycles. The summed E-state index contributed by atoms with van der Waals surface area (Å²) in [6.45, 7) is 6.43. The van der Waals surface area contributed by atoms with Gasteiger partial charge in [0.05, 0.1) is 17.7 Å². The number of hydrogen-bond acceptors (Lipinski definition) is 3. The van der Waals surface area contributed by atoms with Crippen molar-refractivity contribution in [1.29, 1.82) is 0 Å². The monoisotopic (exact) mass is 313 g/mol. The molecule has 4 heteroatoms. The second-order valence-electron chi connectivity index (χ2n) is 4.76. The summed E-state index contributed by atoms with van der Waals surface area (Å²) < 4.78 is 12.6. The maximum Gasteiger partial charge on any atom is 0.175 e. The van der Waals surface area contributed by atoms with Crippen LogP contribution in [0.1, 0.15) is 36.8 Å². The predicted octanol–water partition coefficient (Wildman–Crippen LogP) is 3.37. The van der Waals surface area contributed by atoms with Crippen molar-refractivity contribution >= 4 is 15.9 Å². The average molecular weight is 314 g/mol. The van der Waals surface area contributed by atoms with Crippen LogP contribution in [-0.4, -0.2) is 19.8 Å². The van der Waals surface area contributed by atoms with Crippen LogP contribution >= 0.6 is 15.9 Å². The third-order valence-corrected chi connectivity index (χ3v) is 3.98. The number of ether oxygens (including phenoxy) is 2. The Bertz CT molecular complexity index is 434. The highest BCUT2D eigenvalue weighted by molar-refractivity contribution is 9.10. The molecule has 1 aliphatic heterocycles. The molecule has 0 saturated carbocycles. The van der Waals surface area contributed by atoms with Crippen molar-refractivity contribution in [2.24, 2.45) is 5.73 Å². The molecule has 0 radical (unpaired) electrons. The summed E-state index contributed by atoms with van der Waals surface area (Å²) in [6, 6.07) is 2.14. The van der Waals surface area contributed by atoms with Gasteiger partial charge in [0, 0.05) is 6.42 Å². The lowest BCUT2D eigenvalue weighted by Gasteiger charge is -2.19. The smallest absolute Gasteiger partial charge is 0.175 e. The van der Waals surface area contributed by atoms with Crippen LogP contribution in [0.4, 0.5) is 0 Å². The van der Waals surface area contributed by atoms with Crippen molar-refractivity contribution in [1.82, 2.24) is 0 Å². The summed E-state index contributed by atoms with van der Waals surface area (Å²) in [4.78, 5) is 0. The first-order chi connectivity index (χ1) is 8.65. The van der Waals surface area contributed by atoms with Crippen LogP contribution in [0.5, 0.6) is 11.5 Å². The highest BCUT2D eigenvalue weighted by atomic mass is 79.9. The Morgan fingerprint density at radius 1 is 1.33 bits per heavy atom. The molecule has 1 unspecified atom stereocenters. The van der Waals surface area contributed by atoms with Crippen LogP contribution in [0, 0.1) is 6.92 Å². The van der Waals surface area contributed by atoms with E-state index in [2.05, 4.69) is 35.8 Å². The lowest BCUT2D eigenvalue weighted by Crippen LogP contribution is -2.07. The van der Waals surface area contributed by atoms with Gasteiger partial charge >= 0.3 is 0 Å². The van der Waals surface area contributed by atoms with Gasteiger partial charge in [-0.3, -0.25) is 0 Å². The maximum absolute atomic E-state index is 5.84. The molecule has 1 aromatic carbocycles. The van der Waals surface area contributed by atoms with Gasteiger partial charge in [0.2, 0.25) is 0 Å². The van der Waals surface area contributed by atoms with Crippen molar-refractivity contribution < 1.29 is 9.47 Å². The minimum Gasteiger partial charge on any atom is -0.489 e. The average Bonchev–Trinajstić information content (AvgIpc) is 2.60. The van der Waals surface area contributed by atoms with Crippen LogP contribution in [0.15, 0.2) is 10.5 Å². The molecule has 18 heavy (non-hydrogen) atoms. The first kappa shape index (κ1) is 13.7. The lowest BCUT2D eigenvalue weighted by atomic mass is 9.93. The normalized spacial score (nSPS) is 16.2. The number of nitrogens with two attached hydrogens (primary N) is 1. The minimum atomic E-state index is 0.434. The molecule has 0 aromatic heterocycles. The second-order valence-corrected chi connectivity index (χ2v) is 5.61. The predicted molar refractivity (Wildman–Crippen MR) is 76.6 cm³/mol. The molecule has 0 fully saturated rings. The molecular formula is C14H20BrNO2. The van der Waals surface area contributed by atoms with E-state index < -0.39 is 0 Å². The Hall–Kier alpha value is -0.740. The molecule has 1 heterocycles. The molecule has 0 saturated heterocycles. The van der Waals surface area contributed by atoms with Crippen molar-refractivity contribution in [2.45, 2.75) is 32.6 Å². The first-order valence-electron chi connectivity index (χ1n) is 6.43. The zero-order valence-corrected chi connectivity index (χ0v) is 12.5. The fourth-order valence-corrected chi connectivity index (χ4v) is 2.89. The number of rotatable bonds is 3. The Balaban J connectivity index is 2.45. The molecule has 0 bridgehead atoms. The quantitative estimate of drug-likeness (QED) is 0.930. The molecule has 1 aromatic rings. The zero-order valence-electron chi connectivity index (χ0n) is 11.0. The molecule has 2 rings (SSSR count). The van der Waals surface area contributed by atoms with E-state index in [0.717, 1.165) is 35.4 Å². The summed E-state index contributed by atoms with van der Waals surface area (Å²) in [7, 11) is 0. The van der Waals surface area contributed by atoms with Crippen molar-refractivity contribution in [3.05, 3.63) is 21.7 Å².